The Morgan fingerprint density at radius 3 is 2.35 bits per heavy atom. The van der Waals surface area contributed by atoms with Gasteiger partial charge in [0.05, 0.1) is 6.54 Å². The number of nitrogens with zero attached hydrogens (tertiary/aromatic N) is 4. The number of amides is 2. The zero-order valence-electron chi connectivity index (χ0n) is 18.4. The zero-order valence-corrected chi connectivity index (χ0v) is 19.2. The van der Waals surface area contributed by atoms with Crippen molar-refractivity contribution < 1.29 is 9.59 Å². The number of hydrogen-bond donors (Lipinski definition) is 7. The molecule has 0 bridgehead atoms. The van der Waals surface area contributed by atoms with Gasteiger partial charge < -0.3 is 34.0 Å². The summed E-state index contributed by atoms with van der Waals surface area (Å²) in [6, 6.07) is 7.16. The predicted molar refractivity (Wildman–Crippen MR) is 131 cm³/mol. The van der Waals surface area contributed by atoms with Crippen LogP contribution in [-0.2, 0) is 6.42 Å². The fourth-order valence-electron chi connectivity index (χ4n) is 2.94. The van der Waals surface area contributed by atoms with Crippen LogP contribution >= 0.6 is 11.6 Å². The number of aliphatic imine (C=N–C) groups is 1. The third-order valence-corrected chi connectivity index (χ3v) is 4.93. The van der Waals surface area contributed by atoms with Gasteiger partial charge in [-0.15, -0.1) is 0 Å². The molecular weight excluding hydrogens is 462 g/mol. The van der Waals surface area contributed by atoms with Crippen LogP contribution in [0.25, 0.3) is 0 Å². The van der Waals surface area contributed by atoms with Gasteiger partial charge in [-0.2, -0.15) is 0 Å². The highest BCUT2D eigenvalue weighted by Gasteiger charge is 2.23. The Bertz CT molecular complexity index is 1070. The van der Waals surface area contributed by atoms with Gasteiger partial charge in [0.2, 0.25) is 0 Å². The summed E-state index contributed by atoms with van der Waals surface area (Å²) in [5, 5.41) is 10.3. The van der Waals surface area contributed by atoms with Crippen molar-refractivity contribution in [3.8, 4) is 0 Å². The van der Waals surface area contributed by atoms with E-state index in [0.717, 1.165) is 10.5 Å². The largest absolute Gasteiger partial charge is 0.382 e. The van der Waals surface area contributed by atoms with E-state index >= 15 is 0 Å². The van der Waals surface area contributed by atoms with E-state index in [1.807, 2.05) is 12.1 Å². The number of nitrogens with two attached hydrogens (primary N) is 5. The molecule has 1 aromatic carbocycles. The van der Waals surface area contributed by atoms with Crippen molar-refractivity contribution in [2.24, 2.45) is 22.2 Å². The van der Waals surface area contributed by atoms with E-state index in [1.165, 1.54) is 0 Å². The first-order valence-corrected chi connectivity index (χ1v) is 10.6. The second-order valence-electron chi connectivity index (χ2n) is 7.19. The van der Waals surface area contributed by atoms with E-state index in [2.05, 4.69) is 20.3 Å². The quantitative estimate of drug-likeness (QED) is 0.131. The number of benzene rings is 1. The molecule has 12 N–H and O–H groups in total. The first-order valence-electron chi connectivity index (χ1n) is 10.3. The lowest BCUT2D eigenvalue weighted by Crippen LogP contribution is -2.42. The molecule has 1 aromatic heterocycles. The van der Waals surface area contributed by atoms with E-state index in [0.29, 0.717) is 37.9 Å². The molecule has 2 rings (SSSR count). The Kier molecular flexibility index (Phi) is 9.38. The molecule has 34 heavy (non-hydrogen) atoms. The molecule has 0 spiro atoms. The first-order chi connectivity index (χ1) is 16.1. The number of carbonyl (C=O) groups is 2. The molecule has 0 aliphatic heterocycles. The van der Waals surface area contributed by atoms with Crippen LogP contribution < -0.4 is 34.0 Å². The summed E-state index contributed by atoms with van der Waals surface area (Å²) in [5.41, 5.74) is 28.6. The average Bonchev–Trinajstić information content (AvgIpc) is 2.78. The van der Waals surface area contributed by atoms with Crippen LogP contribution in [0.5, 0.6) is 0 Å². The number of nitrogens with one attached hydrogen (secondary N) is 2. The zero-order chi connectivity index (χ0) is 25.3. The fraction of sp³-hybridized carbons (Fsp3) is 0.300. The number of aryl methyl sites for hydroxylation is 1. The van der Waals surface area contributed by atoms with Crippen molar-refractivity contribution in [3.05, 3.63) is 46.2 Å². The van der Waals surface area contributed by atoms with Crippen LogP contribution in [0, 0.1) is 5.41 Å². The first kappa shape index (κ1) is 26.1. The summed E-state index contributed by atoms with van der Waals surface area (Å²) in [7, 11) is 0. The number of aromatic nitrogens is 2. The second-order valence-corrected chi connectivity index (χ2v) is 7.55. The molecule has 0 aliphatic rings. The van der Waals surface area contributed by atoms with Gasteiger partial charge in [-0.1, -0.05) is 23.7 Å². The highest BCUT2D eigenvalue weighted by molar-refractivity contribution is 6.31. The minimum Gasteiger partial charge on any atom is -0.382 e. The maximum Gasteiger partial charge on any atom is 0.283 e. The third kappa shape index (κ3) is 7.48. The van der Waals surface area contributed by atoms with Gasteiger partial charge in [-0.05, 0) is 37.0 Å². The number of anilines is 2. The minimum atomic E-state index is -0.686. The lowest BCUT2D eigenvalue weighted by atomic mass is 10.1. The number of unbranched alkanes of at least 4 members (excludes halogenated alkanes) is 1. The number of guanidine groups is 2. The van der Waals surface area contributed by atoms with Gasteiger partial charge in [0, 0.05) is 18.7 Å². The highest BCUT2D eigenvalue weighted by atomic mass is 35.5. The Morgan fingerprint density at radius 2 is 1.74 bits per heavy atom. The van der Waals surface area contributed by atoms with Crippen LogP contribution in [0.1, 0.15) is 39.3 Å². The van der Waals surface area contributed by atoms with Crippen molar-refractivity contribution in [3.63, 3.8) is 0 Å². The van der Waals surface area contributed by atoms with Crippen LogP contribution in [0.3, 0.4) is 0 Å². The van der Waals surface area contributed by atoms with E-state index in [1.54, 1.807) is 12.1 Å². The summed E-state index contributed by atoms with van der Waals surface area (Å²) in [6.45, 7) is 0.799. The molecule has 14 heteroatoms. The van der Waals surface area contributed by atoms with E-state index in [4.69, 9.17) is 45.7 Å². The van der Waals surface area contributed by atoms with Crippen LogP contribution in [0.2, 0.25) is 5.15 Å². The predicted octanol–water partition coefficient (Wildman–Crippen LogP) is -0.344. The molecular formula is C20H28ClN11O2. The van der Waals surface area contributed by atoms with Crippen LogP contribution in [0.4, 0.5) is 11.6 Å². The van der Waals surface area contributed by atoms with Gasteiger partial charge >= 0.3 is 0 Å². The van der Waals surface area contributed by atoms with Gasteiger partial charge in [0.25, 0.3) is 11.8 Å². The normalized spacial score (nSPS) is 10.4. The molecule has 0 fully saturated rings. The molecule has 0 aliphatic carbocycles. The summed E-state index contributed by atoms with van der Waals surface area (Å²) in [5.74, 6) is -1.68. The third-order valence-electron chi connectivity index (χ3n) is 4.65. The van der Waals surface area contributed by atoms with Gasteiger partial charge in [-0.25, -0.2) is 9.97 Å². The second kappa shape index (κ2) is 12.2. The summed E-state index contributed by atoms with van der Waals surface area (Å²) < 4.78 is 0. The molecule has 0 saturated carbocycles. The molecule has 2 amide bonds. The van der Waals surface area contributed by atoms with Crippen molar-refractivity contribution in [2.75, 3.05) is 31.1 Å². The van der Waals surface area contributed by atoms with Gasteiger partial charge in [0.15, 0.2) is 34.4 Å². The lowest BCUT2D eigenvalue weighted by Gasteiger charge is -2.20. The highest BCUT2D eigenvalue weighted by Crippen LogP contribution is 2.19. The van der Waals surface area contributed by atoms with Crippen molar-refractivity contribution in [2.45, 2.75) is 19.3 Å². The fourth-order valence-corrected chi connectivity index (χ4v) is 3.06. The molecule has 182 valence electrons. The average molecular weight is 490 g/mol. The number of nitrogen functional groups attached to an aromatic ring is 2. The lowest BCUT2D eigenvalue weighted by molar-refractivity contribution is 0.0838. The number of carbonyl (C=O) groups excluding carboxylic acids is 2. The molecule has 0 atom stereocenters. The standard InChI is InChI=1S/C20H28ClN11O2/c21-14-16(23)31-15(22)13(30-14)18(34)32(20(26)27)10-2-1-3-11-4-6-12(7-5-11)17(33)28-8-9-29-19(24)25/h4-7H,1-3,8-10H2,(H3,26,27)(H,28,33)(H4,22,23,31)(H4,24,25,29). The Hall–Kier alpha value is -4.13. The molecule has 2 aromatic rings. The maximum atomic E-state index is 12.7. The summed E-state index contributed by atoms with van der Waals surface area (Å²) in [6.07, 6.45) is 1.95. The van der Waals surface area contributed by atoms with Gasteiger partial charge in [0.1, 0.15) is 0 Å². The van der Waals surface area contributed by atoms with Crippen molar-refractivity contribution in [1.82, 2.24) is 20.2 Å². The minimum absolute atomic E-state index is 0.0261. The van der Waals surface area contributed by atoms with E-state index in [-0.39, 0.29) is 40.9 Å². The Labute approximate surface area is 201 Å². The van der Waals surface area contributed by atoms with E-state index < -0.39 is 11.9 Å². The summed E-state index contributed by atoms with van der Waals surface area (Å²) in [4.78, 5) is 37.3. The Morgan fingerprint density at radius 1 is 1.06 bits per heavy atom. The SMILES string of the molecule is N=C(N)N(CCCCc1ccc(C(=O)NCCN=C(N)N)cc1)C(=O)c1nc(Cl)c(N)nc1N. The number of hydrogen-bond acceptors (Lipinski definition) is 8. The number of rotatable bonds is 10. The maximum absolute atomic E-state index is 12.7. The van der Waals surface area contributed by atoms with Crippen molar-refractivity contribution >= 4 is 47.0 Å². The molecule has 0 unspecified atom stereocenters. The molecule has 13 nitrogen and oxygen atoms in total. The molecule has 0 saturated heterocycles. The van der Waals surface area contributed by atoms with Crippen LogP contribution in [0.15, 0.2) is 29.3 Å². The summed E-state index contributed by atoms with van der Waals surface area (Å²) >= 11 is 5.83. The number of halogens is 1. The van der Waals surface area contributed by atoms with E-state index in [9.17, 15) is 9.59 Å². The van der Waals surface area contributed by atoms with Crippen LogP contribution in [-0.4, -0.2) is 58.2 Å². The van der Waals surface area contributed by atoms with Crippen molar-refractivity contribution in [1.29, 1.82) is 5.41 Å². The Balaban J connectivity index is 1.87. The molecule has 0 radical (unpaired) electrons. The monoisotopic (exact) mass is 489 g/mol. The van der Waals surface area contributed by atoms with Gasteiger partial charge in [-0.3, -0.25) is 24.9 Å². The topological polar surface area (TPSA) is 242 Å². The smallest absolute Gasteiger partial charge is 0.283 e. The molecule has 1 heterocycles.